The molecule has 1 aromatic rings. The first kappa shape index (κ1) is 16.1. The quantitative estimate of drug-likeness (QED) is 0.506. The predicted octanol–water partition coefficient (Wildman–Crippen LogP) is 1.84. The molecule has 108 valence electrons. The van der Waals surface area contributed by atoms with E-state index in [-0.39, 0.29) is 16.6 Å². The van der Waals surface area contributed by atoms with E-state index in [1.54, 1.807) is 6.92 Å². The van der Waals surface area contributed by atoms with Crippen LogP contribution in [0, 0.1) is 5.82 Å². The average Bonchev–Trinajstić information content (AvgIpc) is 2.41. The van der Waals surface area contributed by atoms with Gasteiger partial charge in [0.05, 0.1) is 11.2 Å². The van der Waals surface area contributed by atoms with Crippen molar-refractivity contribution in [3.05, 3.63) is 34.6 Å². The number of nitrogens with zero attached hydrogens (tertiary/aromatic N) is 1. The molecule has 7 heteroatoms. The van der Waals surface area contributed by atoms with E-state index in [0.29, 0.717) is 6.42 Å². The number of carbonyl (C=O) groups excluding carboxylic acids is 2. The number of nitrogens with one attached hydrogen (secondary N) is 2. The molecular formula is C13H15ClFN3O2. The minimum Gasteiger partial charge on any atom is -0.345 e. The van der Waals surface area contributed by atoms with Crippen LogP contribution in [0.25, 0.3) is 0 Å². The summed E-state index contributed by atoms with van der Waals surface area (Å²) in [5.41, 5.74) is 2.05. The molecule has 0 bridgehead atoms. The van der Waals surface area contributed by atoms with E-state index >= 15 is 0 Å². The smallest absolute Gasteiger partial charge is 0.329 e. The standard InChI is InChI=1S/C13H15ClFN3O2/c1-3-8(2)17-12(19)13(20)18-16-7-9-10(14)5-4-6-11(9)15/h4-8H,3H2,1-2H3,(H,17,19)(H,18,20)/b16-7-/t8-/m0/s1. The van der Waals surface area contributed by atoms with Crippen LogP contribution >= 0.6 is 11.6 Å². The molecule has 5 nitrogen and oxygen atoms in total. The molecule has 0 fully saturated rings. The monoisotopic (exact) mass is 299 g/mol. The van der Waals surface area contributed by atoms with Gasteiger partial charge in [-0.3, -0.25) is 9.59 Å². The van der Waals surface area contributed by atoms with Gasteiger partial charge >= 0.3 is 11.8 Å². The minimum absolute atomic E-state index is 0.0387. The van der Waals surface area contributed by atoms with Crippen molar-refractivity contribution in [3.63, 3.8) is 0 Å². The Bertz CT molecular complexity index is 514. The van der Waals surface area contributed by atoms with Crippen molar-refractivity contribution in [3.8, 4) is 0 Å². The van der Waals surface area contributed by atoms with Crippen LogP contribution in [0.2, 0.25) is 5.02 Å². The fraction of sp³-hybridized carbons (Fsp3) is 0.308. The van der Waals surface area contributed by atoms with E-state index in [4.69, 9.17) is 11.6 Å². The topological polar surface area (TPSA) is 70.6 Å². The van der Waals surface area contributed by atoms with Gasteiger partial charge < -0.3 is 5.32 Å². The van der Waals surface area contributed by atoms with Gasteiger partial charge in [-0.15, -0.1) is 0 Å². The molecule has 0 aliphatic heterocycles. The molecule has 0 radical (unpaired) electrons. The highest BCUT2D eigenvalue weighted by Crippen LogP contribution is 2.16. The molecule has 1 rings (SSSR count). The van der Waals surface area contributed by atoms with Crippen LogP contribution in [-0.4, -0.2) is 24.1 Å². The highest BCUT2D eigenvalue weighted by atomic mass is 35.5. The second-order valence-corrected chi connectivity index (χ2v) is 4.52. The molecule has 0 saturated carbocycles. The van der Waals surface area contributed by atoms with Crippen molar-refractivity contribution in [2.75, 3.05) is 0 Å². The van der Waals surface area contributed by atoms with Crippen molar-refractivity contribution in [2.24, 2.45) is 5.10 Å². The summed E-state index contributed by atoms with van der Waals surface area (Å²) in [6.07, 6.45) is 1.75. The number of hydrazone groups is 1. The zero-order valence-electron chi connectivity index (χ0n) is 11.1. The maximum absolute atomic E-state index is 13.4. The first-order valence-corrected chi connectivity index (χ1v) is 6.41. The summed E-state index contributed by atoms with van der Waals surface area (Å²) in [6.45, 7) is 3.65. The highest BCUT2D eigenvalue weighted by Gasteiger charge is 2.14. The van der Waals surface area contributed by atoms with Crippen molar-refractivity contribution < 1.29 is 14.0 Å². The third-order valence-electron chi connectivity index (χ3n) is 2.56. The lowest BCUT2D eigenvalue weighted by molar-refractivity contribution is -0.139. The molecule has 0 aromatic heterocycles. The molecule has 0 heterocycles. The van der Waals surface area contributed by atoms with Gasteiger partial charge in [-0.2, -0.15) is 5.10 Å². The lowest BCUT2D eigenvalue weighted by Gasteiger charge is -2.09. The van der Waals surface area contributed by atoms with Crippen molar-refractivity contribution in [2.45, 2.75) is 26.3 Å². The van der Waals surface area contributed by atoms with Gasteiger partial charge in [0, 0.05) is 11.6 Å². The minimum atomic E-state index is -0.922. The normalized spacial score (nSPS) is 12.2. The van der Waals surface area contributed by atoms with Gasteiger partial charge in [0.2, 0.25) is 0 Å². The summed E-state index contributed by atoms with van der Waals surface area (Å²) in [5, 5.41) is 6.14. The van der Waals surface area contributed by atoms with Crippen LogP contribution in [0.4, 0.5) is 4.39 Å². The fourth-order valence-corrected chi connectivity index (χ4v) is 1.44. The van der Waals surface area contributed by atoms with Gasteiger partial charge in [-0.05, 0) is 25.5 Å². The second kappa shape index (κ2) is 7.59. The summed E-state index contributed by atoms with van der Waals surface area (Å²) < 4.78 is 13.4. The molecular weight excluding hydrogens is 285 g/mol. The van der Waals surface area contributed by atoms with Gasteiger partial charge in [0.15, 0.2) is 0 Å². The summed E-state index contributed by atoms with van der Waals surface area (Å²) in [5.74, 6) is -2.29. The van der Waals surface area contributed by atoms with E-state index in [9.17, 15) is 14.0 Å². The molecule has 1 aromatic carbocycles. The summed E-state index contributed by atoms with van der Waals surface area (Å²) >= 11 is 5.77. The van der Waals surface area contributed by atoms with Crippen LogP contribution in [-0.2, 0) is 9.59 Å². The van der Waals surface area contributed by atoms with Crippen LogP contribution in [0.1, 0.15) is 25.8 Å². The molecule has 0 saturated heterocycles. The summed E-state index contributed by atoms with van der Waals surface area (Å²) in [4.78, 5) is 22.8. The molecule has 0 aliphatic carbocycles. The third-order valence-corrected chi connectivity index (χ3v) is 2.89. The number of carbonyl (C=O) groups is 2. The lowest BCUT2D eigenvalue weighted by atomic mass is 10.2. The lowest BCUT2D eigenvalue weighted by Crippen LogP contribution is -2.41. The molecule has 2 N–H and O–H groups in total. The summed E-state index contributed by atoms with van der Waals surface area (Å²) in [6, 6.07) is 4.04. The Morgan fingerprint density at radius 2 is 2.15 bits per heavy atom. The number of rotatable bonds is 4. The Kier molecular flexibility index (Phi) is 6.11. The highest BCUT2D eigenvalue weighted by molar-refractivity contribution is 6.35. The zero-order valence-corrected chi connectivity index (χ0v) is 11.9. The van der Waals surface area contributed by atoms with Crippen LogP contribution in [0.5, 0.6) is 0 Å². The molecule has 2 amide bonds. The number of hydrogen-bond donors (Lipinski definition) is 2. The Hall–Kier alpha value is -1.95. The van der Waals surface area contributed by atoms with E-state index in [2.05, 4.69) is 10.4 Å². The SMILES string of the molecule is CC[C@H](C)NC(=O)C(=O)N/N=C\c1c(F)cccc1Cl. The maximum Gasteiger partial charge on any atom is 0.329 e. The van der Waals surface area contributed by atoms with Gasteiger partial charge in [0.1, 0.15) is 5.82 Å². The fourth-order valence-electron chi connectivity index (χ4n) is 1.23. The largest absolute Gasteiger partial charge is 0.345 e. The third kappa shape index (κ3) is 4.62. The predicted molar refractivity (Wildman–Crippen MR) is 75.0 cm³/mol. The van der Waals surface area contributed by atoms with Crippen molar-refractivity contribution in [1.29, 1.82) is 0 Å². The average molecular weight is 300 g/mol. The van der Waals surface area contributed by atoms with Crippen LogP contribution in [0.15, 0.2) is 23.3 Å². The number of benzene rings is 1. The van der Waals surface area contributed by atoms with E-state index in [0.717, 1.165) is 6.21 Å². The Morgan fingerprint density at radius 1 is 1.45 bits per heavy atom. The number of amides is 2. The Morgan fingerprint density at radius 3 is 2.75 bits per heavy atom. The zero-order chi connectivity index (χ0) is 15.1. The van der Waals surface area contributed by atoms with Gasteiger partial charge in [-0.1, -0.05) is 24.6 Å². The maximum atomic E-state index is 13.4. The van der Waals surface area contributed by atoms with E-state index < -0.39 is 17.6 Å². The Balaban J connectivity index is 2.61. The molecule has 20 heavy (non-hydrogen) atoms. The van der Waals surface area contributed by atoms with Crippen molar-refractivity contribution >= 4 is 29.6 Å². The van der Waals surface area contributed by atoms with Crippen LogP contribution in [0.3, 0.4) is 0 Å². The van der Waals surface area contributed by atoms with E-state index in [1.807, 2.05) is 12.3 Å². The first-order valence-electron chi connectivity index (χ1n) is 6.03. The van der Waals surface area contributed by atoms with Gasteiger partial charge in [0.25, 0.3) is 0 Å². The number of hydrogen-bond acceptors (Lipinski definition) is 3. The first-order chi connectivity index (χ1) is 9.45. The van der Waals surface area contributed by atoms with Crippen LogP contribution < -0.4 is 10.7 Å². The second-order valence-electron chi connectivity index (χ2n) is 4.12. The number of halogens is 2. The van der Waals surface area contributed by atoms with E-state index in [1.165, 1.54) is 18.2 Å². The van der Waals surface area contributed by atoms with Gasteiger partial charge in [-0.25, -0.2) is 9.82 Å². The molecule has 0 aliphatic rings. The summed E-state index contributed by atoms with van der Waals surface area (Å²) in [7, 11) is 0. The Labute approximate surface area is 121 Å². The van der Waals surface area contributed by atoms with Crippen molar-refractivity contribution in [1.82, 2.24) is 10.7 Å². The molecule has 0 spiro atoms. The molecule has 0 unspecified atom stereocenters. The molecule has 1 atom stereocenters.